The molecule has 1 aromatic heterocycles. The lowest BCUT2D eigenvalue weighted by Gasteiger charge is -2.32. The van der Waals surface area contributed by atoms with E-state index in [1.54, 1.807) is 18.2 Å². The van der Waals surface area contributed by atoms with Crippen LogP contribution >= 0.6 is 0 Å². The van der Waals surface area contributed by atoms with Crippen LogP contribution in [0.5, 0.6) is 0 Å². The van der Waals surface area contributed by atoms with Gasteiger partial charge < -0.3 is 19.7 Å². The zero-order valence-electron chi connectivity index (χ0n) is 16.8. The number of urea groups is 1. The first-order chi connectivity index (χ1) is 13.5. The molecule has 1 aromatic carbocycles. The quantitative estimate of drug-likeness (QED) is 0.794. The molecule has 1 aliphatic rings. The van der Waals surface area contributed by atoms with Gasteiger partial charge in [0.05, 0.1) is 0 Å². The Bertz CT molecular complexity index is 776. The molecule has 1 saturated heterocycles. The molecule has 0 spiro atoms. The van der Waals surface area contributed by atoms with Crippen molar-refractivity contribution in [2.24, 2.45) is 0 Å². The van der Waals surface area contributed by atoms with E-state index in [1.165, 1.54) is 6.07 Å². The van der Waals surface area contributed by atoms with Gasteiger partial charge in [-0.3, -0.25) is 0 Å². The molecule has 0 aliphatic carbocycles. The summed E-state index contributed by atoms with van der Waals surface area (Å²) >= 11 is 0. The Hall–Kier alpha value is -2.41. The van der Waals surface area contributed by atoms with Crippen LogP contribution < -0.4 is 5.32 Å². The first kappa shape index (κ1) is 20.3. The Balaban J connectivity index is 1.56. The van der Waals surface area contributed by atoms with Gasteiger partial charge in [0.25, 0.3) is 0 Å². The van der Waals surface area contributed by atoms with Crippen LogP contribution in [0.15, 0.2) is 36.7 Å². The van der Waals surface area contributed by atoms with Crippen molar-refractivity contribution < 1.29 is 9.18 Å². The molecule has 6 nitrogen and oxygen atoms in total. The van der Waals surface area contributed by atoms with Crippen molar-refractivity contribution in [2.75, 3.05) is 33.7 Å². The standard InChI is InChI=1S/C21H30FN5O/c1-25(2)11-6-13-26-14-10-23-20(26)18-8-5-12-27(16-18)21(28)24-15-17-7-3-4-9-19(17)22/h3-4,7,9-10,14,18H,5-6,8,11-13,15-16H2,1-2H3,(H,24,28). The number of imidazole rings is 1. The second kappa shape index (κ2) is 9.68. The van der Waals surface area contributed by atoms with Crippen molar-refractivity contribution in [1.82, 2.24) is 24.7 Å². The fraction of sp³-hybridized carbons (Fsp3) is 0.524. The van der Waals surface area contributed by atoms with Crippen LogP contribution in [0, 0.1) is 5.82 Å². The molecule has 0 radical (unpaired) electrons. The number of benzene rings is 1. The van der Waals surface area contributed by atoms with Crippen LogP contribution in [-0.2, 0) is 13.1 Å². The number of likely N-dealkylation sites (tertiary alicyclic amines) is 1. The molecule has 28 heavy (non-hydrogen) atoms. The van der Waals surface area contributed by atoms with Gasteiger partial charge in [0.2, 0.25) is 0 Å². The van der Waals surface area contributed by atoms with E-state index in [1.807, 2.05) is 17.3 Å². The topological polar surface area (TPSA) is 53.4 Å². The molecule has 2 amide bonds. The summed E-state index contributed by atoms with van der Waals surface area (Å²) in [5.74, 6) is 1.01. The molecule has 3 rings (SSSR count). The van der Waals surface area contributed by atoms with E-state index in [-0.39, 0.29) is 24.3 Å². The molecular formula is C21H30FN5O. The summed E-state index contributed by atoms with van der Waals surface area (Å²) in [6.07, 6.45) is 6.92. The number of aryl methyl sites for hydroxylation is 1. The molecule has 0 bridgehead atoms. The summed E-state index contributed by atoms with van der Waals surface area (Å²) in [5, 5.41) is 2.85. The number of piperidine rings is 1. The number of amides is 2. The van der Waals surface area contributed by atoms with Crippen LogP contribution in [0.2, 0.25) is 0 Å². The summed E-state index contributed by atoms with van der Waals surface area (Å²) in [6.45, 7) is 3.54. The molecule has 1 fully saturated rings. The second-order valence-corrected chi connectivity index (χ2v) is 7.67. The van der Waals surface area contributed by atoms with Gasteiger partial charge in [0, 0.05) is 50.1 Å². The number of carbonyl (C=O) groups excluding carboxylic acids is 1. The van der Waals surface area contributed by atoms with Crippen molar-refractivity contribution in [3.63, 3.8) is 0 Å². The first-order valence-corrected chi connectivity index (χ1v) is 9.96. The molecule has 1 atom stereocenters. The summed E-state index contributed by atoms with van der Waals surface area (Å²) < 4.78 is 16.0. The third kappa shape index (κ3) is 5.32. The lowest BCUT2D eigenvalue weighted by Crippen LogP contribution is -2.45. The predicted octanol–water partition coefficient (Wildman–Crippen LogP) is 3.06. The number of hydrogen-bond donors (Lipinski definition) is 1. The highest BCUT2D eigenvalue weighted by molar-refractivity contribution is 5.74. The van der Waals surface area contributed by atoms with Crippen molar-refractivity contribution in [1.29, 1.82) is 0 Å². The van der Waals surface area contributed by atoms with Gasteiger partial charge in [0.15, 0.2) is 0 Å². The summed E-state index contributed by atoms with van der Waals surface area (Å²) in [6, 6.07) is 6.39. The van der Waals surface area contributed by atoms with E-state index in [2.05, 4.69) is 33.9 Å². The van der Waals surface area contributed by atoms with Crippen LogP contribution in [0.25, 0.3) is 0 Å². The zero-order valence-corrected chi connectivity index (χ0v) is 16.8. The Morgan fingerprint density at radius 2 is 2.18 bits per heavy atom. The fourth-order valence-electron chi connectivity index (χ4n) is 3.72. The molecule has 1 aliphatic heterocycles. The van der Waals surface area contributed by atoms with Gasteiger partial charge in [0.1, 0.15) is 11.6 Å². The minimum atomic E-state index is -0.293. The largest absolute Gasteiger partial charge is 0.335 e. The van der Waals surface area contributed by atoms with E-state index >= 15 is 0 Å². The number of rotatable bonds is 7. The summed E-state index contributed by atoms with van der Waals surface area (Å²) in [5.41, 5.74) is 0.501. The van der Waals surface area contributed by atoms with Gasteiger partial charge in [-0.2, -0.15) is 0 Å². The fourth-order valence-corrected chi connectivity index (χ4v) is 3.72. The Morgan fingerprint density at radius 1 is 1.36 bits per heavy atom. The van der Waals surface area contributed by atoms with Crippen molar-refractivity contribution in [2.45, 2.75) is 38.3 Å². The highest BCUT2D eigenvalue weighted by atomic mass is 19.1. The maximum Gasteiger partial charge on any atom is 0.317 e. The van der Waals surface area contributed by atoms with E-state index in [9.17, 15) is 9.18 Å². The predicted molar refractivity (Wildman–Crippen MR) is 108 cm³/mol. The maximum atomic E-state index is 13.7. The Kier molecular flexibility index (Phi) is 7.03. The summed E-state index contributed by atoms with van der Waals surface area (Å²) in [7, 11) is 4.15. The van der Waals surface area contributed by atoms with Crippen LogP contribution in [0.3, 0.4) is 0 Å². The highest BCUT2D eigenvalue weighted by Crippen LogP contribution is 2.26. The monoisotopic (exact) mass is 387 g/mol. The normalized spacial score (nSPS) is 17.1. The number of nitrogens with one attached hydrogen (secondary N) is 1. The number of hydrogen-bond acceptors (Lipinski definition) is 3. The van der Waals surface area contributed by atoms with Gasteiger partial charge in [-0.05, 0) is 46.0 Å². The lowest BCUT2D eigenvalue weighted by molar-refractivity contribution is 0.177. The van der Waals surface area contributed by atoms with E-state index < -0.39 is 0 Å². The molecule has 7 heteroatoms. The maximum absolute atomic E-state index is 13.7. The average Bonchev–Trinajstić information content (AvgIpc) is 3.15. The van der Waals surface area contributed by atoms with Crippen molar-refractivity contribution in [3.05, 3.63) is 53.9 Å². The first-order valence-electron chi connectivity index (χ1n) is 9.96. The van der Waals surface area contributed by atoms with Crippen LogP contribution in [0.1, 0.15) is 36.6 Å². The number of nitrogens with zero attached hydrogens (tertiary/aromatic N) is 4. The average molecular weight is 388 g/mol. The van der Waals surface area contributed by atoms with E-state index in [0.29, 0.717) is 12.1 Å². The molecule has 152 valence electrons. The van der Waals surface area contributed by atoms with Gasteiger partial charge in [-0.1, -0.05) is 18.2 Å². The molecule has 0 saturated carbocycles. The van der Waals surface area contributed by atoms with E-state index in [0.717, 1.165) is 44.7 Å². The van der Waals surface area contributed by atoms with Gasteiger partial charge in [-0.15, -0.1) is 0 Å². The van der Waals surface area contributed by atoms with Crippen LogP contribution in [-0.4, -0.2) is 59.1 Å². The van der Waals surface area contributed by atoms with Crippen LogP contribution in [0.4, 0.5) is 9.18 Å². The molecule has 1 N–H and O–H groups in total. The van der Waals surface area contributed by atoms with Crippen molar-refractivity contribution >= 4 is 6.03 Å². The number of halogens is 1. The van der Waals surface area contributed by atoms with Crippen molar-refractivity contribution in [3.8, 4) is 0 Å². The SMILES string of the molecule is CN(C)CCCn1ccnc1C1CCCN(C(=O)NCc2ccccc2F)C1. The highest BCUT2D eigenvalue weighted by Gasteiger charge is 2.27. The molecule has 1 unspecified atom stereocenters. The van der Waals surface area contributed by atoms with Gasteiger partial charge >= 0.3 is 6.03 Å². The number of aromatic nitrogens is 2. The smallest absolute Gasteiger partial charge is 0.317 e. The minimum absolute atomic E-state index is 0.140. The number of carbonyl (C=O) groups is 1. The second-order valence-electron chi connectivity index (χ2n) is 7.67. The Labute approximate surface area is 166 Å². The van der Waals surface area contributed by atoms with E-state index in [4.69, 9.17) is 0 Å². The molecule has 2 heterocycles. The zero-order chi connectivity index (χ0) is 19.9. The Morgan fingerprint density at radius 3 is 2.96 bits per heavy atom. The van der Waals surface area contributed by atoms with Gasteiger partial charge in [-0.25, -0.2) is 14.2 Å². The third-order valence-electron chi connectivity index (χ3n) is 5.21. The lowest BCUT2D eigenvalue weighted by atomic mass is 9.97. The third-order valence-corrected chi connectivity index (χ3v) is 5.21. The summed E-state index contributed by atoms with van der Waals surface area (Å²) in [4.78, 5) is 21.2. The molecular weight excluding hydrogens is 357 g/mol. The molecule has 2 aromatic rings. The minimum Gasteiger partial charge on any atom is -0.335 e.